The molecule has 26 heavy (non-hydrogen) atoms. The molecule has 0 aliphatic carbocycles. The summed E-state index contributed by atoms with van der Waals surface area (Å²) in [6.45, 7) is 6.04. The normalized spacial score (nSPS) is 16.8. The molecule has 1 atom stereocenters. The molecule has 1 saturated heterocycles. The number of piperidine rings is 1. The fourth-order valence-electron chi connectivity index (χ4n) is 3.64. The summed E-state index contributed by atoms with van der Waals surface area (Å²) in [5.41, 5.74) is 0.774. The maximum atomic E-state index is 12.6. The van der Waals surface area contributed by atoms with Crippen molar-refractivity contribution in [3.63, 3.8) is 0 Å². The van der Waals surface area contributed by atoms with E-state index in [0.29, 0.717) is 12.0 Å². The highest BCUT2D eigenvalue weighted by Gasteiger charge is 2.27. The molecule has 1 N–H and O–H groups in total. The van der Waals surface area contributed by atoms with Crippen molar-refractivity contribution in [3.05, 3.63) is 48.0 Å². The highest BCUT2D eigenvalue weighted by Crippen LogP contribution is 2.22. The van der Waals surface area contributed by atoms with Crippen molar-refractivity contribution in [2.75, 3.05) is 13.1 Å². The highest BCUT2D eigenvalue weighted by molar-refractivity contribution is 5.94. The second-order valence-electron chi connectivity index (χ2n) is 7.52. The number of hydrogen-bond acceptors (Lipinski definition) is 4. The van der Waals surface area contributed by atoms with Crippen molar-refractivity contribution in [2.45, 2.75) is 45.2 Å². The molecule has 3 rings (SSSR count). The molecule has 1 aromatic heterocycles. The van der Waals surface area contributed by atoms with Crippen molar-refractivity contribution < 1.29 is 4.79 Å². The van der Waals surface area contributed by atoms with Gasteiger partial charge >= 0.3 is 0 Å². The van der Waals surface area contributed by atoms with E-state index in [9.17, 15) is 4.79 Å². The first kappa shape index (κ1) is 18.6. The molecular weight excluding hydrogens is 326 g/mol. The number of nitrogens with zero attached hydrogens (tertiary/aromatic N) is 4. The van der Waals surface area contributed by atoms with Gasteiger partial charge in [-0.25, -0.2) is 4.98 Å². The third-order valence-corrected chi connectivity index (χ3v) is 5.00. The van der Waals surface area contributed by atoms with Crippen molar-refractivity contribution in [3.8, 4) is 0 Å². The highest BCUT2D eigenvalue weighted by atomic mass is 16.2. The lowest BCUT2D eigenvalue weighted by atomic mass is 9.98. The van der Waals surface area contributed by atoms with Crippen LogP contribution in [0, 0.1) is 5.92 Å². The fraction of sp³-hybridized carbons (Fsp3) is 0.550. The Labute approximate surface area is 155 Å². The summed E-state index contributed by atoms with van der Waals surface area (Å²) in [7, 11) is 1.94. The van der Waals surface area contributed by atoms with E-state index in [4.69, 9.17) is 0 Å². The summed E-state index contributed by atoms with van der Waals surface area (Å²) in [6.07, 6.45) is 4.57. The lowest BCUT2D eigenvalue weighted by Gasteiger charge is -2.35. The maximum absolute atomic E-state index is 12.6. The van der Waals surface area contributed by atoms with Crippen LogP contribution in [-0.4, -0.2) is 44.7 Å². The van der Waals surface area contributed by atoms with Crippen molar-refractivity contribution in [1.29, 1.82) is 0 Å². The van der Waals surface area contributed by atoms with Gasteiger partial charge in [-0.3, -0.25) is 9.48 Å². The van der Waals surface area contributed by atoms with Crippen molar-refractivity contribution in [2.24, 2.45) is 13.0 Å². The van der Waals surface area contributed by atoms with Crippen LogP contribution in [0.15, 0.2) is 36.7 Å². The number of benzene rings is 1. The lowest BCUT2D eigenvalue weighted by Crippen LogP contribution is -2.46. The Morgan fingerprint density at radius 3 is 2.50 bits per heavy atom. The predicted molar refractivity (Wildman–Crippen MR) is 102 cm³/mol. The number of aryl methyl sites for hydroxylation is 1. The lowest BCUT2D eigenvalue weighted by molar-refractivity contribution is 0.0700. The van der Waals surface area contributed by atoms with E-state index >= 15 is 0 Å². The van der Waals surface area contributed by atoms with Crippen LogP contribution in [0.3, 0.4) is 0 Å². The zero-order chi connectivity index (χ0) is 18.5. The largest absolute Gasteiger partial charge is 0.339 e. The van der Waals surface area contributed by atoms with Crippen molar-refractivity contribution >= 4 is 5.91 Å². The Hall–Kier alpha value is -2.21. The van der Waals surface area contributed by atoms with Crippen LogP contribution in [0.4, 0.5) is 0 Å². The molecule has 1 aliphatic heterocycles. The Kier molecular flexibility index (Phi) is 6.04. The number of hydrogen-bond donors (Lipinski definition) is 1. The molecule has 0 spiro atoms. The molecule has 0 bridgehead atoms. The first-order valence-corrected chi connectivity index (χ1v) is 9.49. The standard InChI is InChI=1S/C20H29N5O/c1-15(2)13-18(19-21-14-22-24(19)3)23-17-9-11-25(12-10-17)20(26)16-7-5-4-6-8-16/h4-8,14-15,17-18,23H,9-13H2,1-3H3/t18-/m0/s1. The smallest absolute Gasteiger partial charge is 0.253 e. The fourth-order valence-corrected chi connectivity index (χ4v) is 3.64. The number of aromatic nitrogens is 3. The van der Waals surface area contributed by atoms with Crippen LogP contribution < -0.4 is 5.32 Å². The average Bonchev–Trinajstić information content (AvgIpc) is 3.07. The Morgan fingerprint density at radius 1 is 1.23 bits per heavy atom. The second kappa shape index (κ2) is 8.45. The molecule has 1 fully saturated rings. The summed E-state index contributed by atoms with van der Waals surface area (Å²) in [6, 6.07) is 10.1. The van der Waals surface area contributed by atoms with Gasteiger partial charge in [0.25, 0.3) is 5.91 Å². The van der Waals surface area contributed by atoms with Crippen LogP contribution in [-0.2, 0) is 7.05 Å². The van der Waals surface area contributed by atoms with Crippen LogP contribution in [0.25, 0.3) is 0 Å². The minimum absolute atomic E-state index is 0.135. The van der Waals surface area contributed by atoms with E-state index in [1.54, 1.807) is 6.33 Å². The summed E-state index contributed by atoms with van der Waals surface area (Å²) in [5.74, 6) is 1.70. The monoisotopic (exact) mass is 355 g/mol. The SMILES string of the molecule is CC(C)C[C@H](NC1CCN(C(=O)c2ccccc2)CC1)c1ncnn1C. The van der Waals surface area contributed by atoms with Crippen LogP contribution in [0.5, 0.6) is 0 Å². The van der Waals surface area contributed by atoms with Gasteiger partial charge in [0.1, 0.15) is 12.2 Å². The quantitative estimate of drug-likeness (QED) is 0.865. The van der Waals surface area contributed by atoms with E-state index in [0.717, 1.165) is 43.7 Å². The molecule has 140 valence electrons. The molecule has 1 aliphatic rings. The molecule has 6 heteroatoms. The Morgan fingerprint density at radius 2 is 1.92 bits per heavy atom. The van der Waals surface area contributed by atoms with Gasteiger partial charge in [0, 0.05) is 31.7 Å². The van der Waals surface area contributed by atoms with Crippen molar-refractivity contribution in [1.82, 2.24) is 25.0 Å². The molecule has 0 saturated carbocycles. The van der Waals surface area contributed by atoms with E-state index < -0.39 is 0 Å². The van der Waals surface area contributed by atoms with E-state index in [-0.39, 0.29) is 11.9 Å². The topological polar surface area (TPSA) is 63.1 Å². The van der Waals surface area contributed by atoms with Crippen LogP contribution >= 0.6 is 0 Å². The molecule has 6 nitrogen and oxygen atoms in total. The Balaban J connectivity index is 1.58. The molecular formula is C20H29N5O. The molecule has 1 amide bonds. The Bertz CT molecular complexity index is 704. The molecule has 0 radical (unpaired) electrons. The number of nitrogens with one attached hydrogen (secondary N) is 1. The number of rotatable bonds is 6. The summed E-state index contributed by atoms with van der Waals surface area (Å²) < 4.78 is 1.86. The van der Waals surface area contributed by atoms with Gasteiger partial charge in [0.15, 0.2) is 0 Å². The zero-order valence-electron chi connectivity index (χ0n) is 15.9. The zero-order valence-corrected chi connectivity index (χ0v) is 15.9. The third kappa shape index (κ3) is 4.49. The van der Waals surface area contributed by atoms with E-state index in [2.05, 4.69) is 29.2 Å². The minimum Gasteiger partial charge on any atom is -0.339 e. The molecule has 1 aromatic carbocycles. The number of carbonyl (C=O) groups is 1. The van der Waals surface area contributed by atoms with Gasteiger partial charge in [-0.15, -0.1) is 0 Å². The molecule has 2 heterocycles. The summed E-state index contributed by atoms with van der Waals surface area (Å²) in [4.78, 5) is 19.0. The summed E-state index contributed by atoms with van der Waals surface area (Å²) in [5, 5.41) is 7.99. The van der Waals surface area contributed by atoms with Crippen LogP contribution in [0.2, 0.25) is 0 Å². The number of carbonyl (C=O) groups excluding carboxylic acids is 1. The second-order valence-corrected chi connectivity index (χ2v) is 7.52. The van der Waals surface area contributed by atoms with Gasteiger partial charge in [-0.1, -0.05) is 32.0 Å². The van der Waals surface area contributed by atoms with E-state index in [1.165, 1.54) is 0 Å². The van der Waals surface area contributed by atoms with E-state index in [1.807, 2.05) is 47.0 Å². The van der Waals surface area contributed by atoms with Gasteiger partial charge in [0.05, 0.1) is 6.04 Å². The average molecular weight is 355 g/mol. The predicted octanol–water partition coefficient (Wildman–Crippen LogP) is 2.80. The van der Waals surface area contributed by atoms with Crippen LogP contribution in [0.1, 0.15) is 55.3 Å². The first-order chi connectivity index (χ1) is 12.5. The van der Waals surface area contributed by atoms with Gasteiger partial charge in [-0.2, -0.15) is 5.10 Å². The summed E-state index contributed by atoms with van der Waals surface area (Å²) >= 11 is 0. The maximum Gasteiger partial charge on any atom is 0.253 e. The number of amides is 1. The number of likely N-dealkylation sites (tertiary alicyclic amines) is 1. The third-order valence-electron chi connectivity index (χ3n) is 5.00. The van der Waals surface area contributed by atoms with Gasteiger partial charge < -0.3 is 10.2 Å². The van der Waals surface area contributed by atoms with Gasteiger partial charge in [0.2, 0.25) is 0 Å². The first-order valence-electron chi connectivity index (χ1n) is 9.49. The molecule has 0 unspecified atom stereocenters. The molecule has 2 aromatic rings. The minimum atomic E-state index is 0.135. The van der Waals surface area contributed by atoms with Gasteiger partial charge in [-0.05, 0) is 37.3 Å².